The predicted molar refractivity (Wildman–Crippen MR) is 91.8 cm³/mol. The van der Waals surface area contributed by atoms with Gasteiger partial charge in [-0.2, -0.15) is 5.10 Å². The average molecular weight is 333 g/mol. The van der Waals surface area contributed by atoms with E-state index in [1.54, 1.807) is 6.20 Å². The number of nitrogens with one attached hydrogen (secondary N) is 2. The number of hydrogen-bond acceptors (Lipinski definition) is 3. The van der Waals surface area contributed by atoms with Crippen LogP contribution in [0.3, 0.4) is 0 Å². The van der Waals surface area contributed by atoms with Crippen molar-refractivity contribution in [2.24, 2.45) is 0 Å². The third-order valence-electron chi connectivity index (χ3n) is 4.28. The highest BCUT2D eigenvalue weighted by Crippen LogP contribution is 2.25. The first-order valence-corrected chi connectivity index (χ1v) is 8.27. The highest BCUT2D eigenvalue weighted by atomic mass is 35.5. The molecule has 0 saturated carbocycles. The largest absolute Gasteiger partial charge is 0.325 e. The standard InChI is InChI=1S/C17H21ClN4O/c1-12-9-14(4-5-15(12)18)20-17(23)11-22-8-2-3-13(10-22)16-6-7-19-21-16/h4-7,9,13H,2-3,8,10-11H2,1H3,(H,19,21)(H,20,23)/t13-/m0/s1. The Bertz CT molecular complexity index is 671. The maximum Gasteiger partial charge on any atom is 0.238 e. The molecule has 1 amide bonds. The topological polar surface area (TPSA) is 61.0 Å². The van der Waals surface area contributed by atoms with Gasteiger partial charge >= 0.3 is 0 Å². The van der Waals surface area contributed by atoms with Gasteiger partial charge in [-0.1, -0.05) is 11.6 Å². The molecule has 2 aromatic rings. The summed E-state index contributed by atoms with van der Waals surface area (Å²) in [7, 11) is 0. The fraction of sp³-hybridized carbons (Fsp3) is 0.412. The number of nitrogens with zero attached hydrogens (tertiary/aromatic N) is 2. The minimum atomic E-state index is 0.0111. The number of H-pyrrole nitrogens is 1. The lowest BCUT2D eigenvalue weighted by Gasteiger charge is -2.31. The number of hydrogen-bond donors (Lipinski definition) is 2. The second-order valence-electron chi connectivity index (χ2n) is 6.10. The van der Waals surface area contributed by atoms with Crippen molar-refractivity contribution in [3.63, 3.8) is 0 Å². The third-order valence-corrected chi connectivity index (χ3v) is 4.70. The van der Waals surface area contributed by atoms with Gasteiger partial charge in [-0.05, 0) is 56.1 Å². The molecule has 6 heteroatoms. The molecule has 1 aliphatic heterocycles. The summed E-state index contributed by atoms with van der Waals surface area (Å²) in [6, 6.07) is 7.55. The maximum atomic E-state index is 12.3. The van der Waals surface area contributed by atoms with Gasteiger partial charge in [-0.3, -0.25) is 14.8 Å². The van der Waals surface area contributed by atoms with Crippen LogP contribution in [0, 0.1) is 6.92 Å². The Balaban J connectivity index is 1.55. The molecule has 1 saturated heterocycles. The smallest absolute Gasteiger partial charge is 0.238 e. The van der Waals surface area contributed by atoms with Crippen molar-refractivity contribution < 1.29 is 4.79 Å². The zero-order valence-corrected chi connectivity index (χ0v) is 13.9. The number of aromatic amines is 1. The first-order valence-electron chi connectivity index (χ1n) is 7.89. The highest BCUT2D eigenvalue weighted by Gasteiger charge is 2.23. The molecular weight excluding hydrogens is 312 g/mol. The van der Waals surface area contributed by atoms with Gasteiger partial charge in [0.25, 0.3) is 0 Å². The molecule has 1 aromatic heterocycles. The van der Waals surface area contributed by atoms with E-state index in [4.69, 9.17) is 11.6 Å². The molecular formula is C17H21ClN4O. The predicted octanol–water partition coefficient (Wildman–Crippen LogP) is 3.19. The van der Waals surface area contributed by atoms with Gasteiger partial charge in [0.2, 0.25) is 5.91 Å². The van der Waals surface area contributed by atoms with Crippen molar-refractivity contribution in [3.8, 4) is 0 Å². The summed E-state index contributed by atoms with van der Waals surface area (Å²) in [5, 5.41) is 10.7. The molecule has 1 aromatic carbocycles. The normalized spacial score (nSPS) is 18.8. The lowest BCUT2D eigenvalue weighted by Crippen LogP contribution is -2.39. The number of benzene rings is 1. The monoisotopic (exact) mass is 332 g/mol. The number of aromatic nitrogens is 2. The lowest BCUT2D eigenvalue weighted by atomic mass is 9.95. The number of amides is 1. The Hall–Kier alpha value is -1.85. The van der Waals surface area contributed by atoms with Gasteiger partial charge in [0.05, 0.1) is 6.54 Å². The number of piperidine rings is 1. The second kappa shape index (κ2) is 7.15. The van der Waals surface area contributed by atoms with E-state index in [1.807, 2.05) is 31.2 Å². The van der Waals surface area contributed by atoms with E-state index in [-0.39, 0.29) is 5.91 Å². The van der Waals surface area contributed by atoms with Crippen LogP contribution in [0.4, 0.5) is 5.69 Å². The van der Waals surface area contributed by atoms with Crippen molar-refractivity contribution in [1.82, 2.24) is 15.1 Å². The van der Waals surface area contributed by atoms with Gasteiger partial charge in [-0.25, -0.2) is 0 Å². The summed E-state index contributed by atoms with van der Waals surface area (Å²) in [6.45, 7) is 4.18. The number of carbonyl (C=O) groups excluding carboxylic acids is 1. The van der Waals surface area contributed by atoms with Crippen molar-refractivity contribution >= 4 is 23.2 Å². The van der Waals surface area contributed by atoms with E-state index in [0.29, 0.717) is 17.5 Å². The van der Waals surface area contributed by atoms with Gasteiger partial charge in [-0.15, -0.1) is 0 Å². The molecule has 1 fully saturated rings. The van der Waals surface area contributed by atoms with Gasteiger partial charge < -0.3 is 5.32 Å². The summed E-state index contributed by atoms with van der Waals surface area (Å²) in [5.41, 5.74) is 2.91. The van der Waals surface area contributed by atoms with Crippen molar-refractivity contribution in [2.75, 3.05) is 25.0 Å². The number of likely N-dealkylation sites (tertiary alicyclic amines) is 1. The average Bonchev–Trinajstić information content (AvgIpc) is 3.05. The van der Waals surface area contributed by atoms with Crippen molar-refractivity contribution in [3.05, 3.63) is 46.7 Å². The zero-order valence-electron chi connectivity index (χ0n) is 13.2. The second-order valence-corrected chi connectivity index (χ2v) is 6.51. The molecule has 0 unspecified atom stereocenters. The van der Waals surface area contributed by atoms with Crippen LogP contribution in [-0.4, -0.2) is 40.6 Å². The summed E-state index contributed by atoms with van der Waals surface area (Å²) >= 11 is 6.01. The molecule has 122 valence electrons. The fourth-order valence-electron chi connectivity index (χ4n) is 3.07. The molecule has 3 rings (SSSR count). The number of carbonyl (C=O) groups is 1. The molecule has 0 radical (unpaired) electrons. The van der Waals surface area contributed by atoms with E-state index < -0.39 is 0 Å². The molecule has 5 nitrogen and oxygen atoms in total. The van der Waals surface area contributed by atoms with E-state index in [1.165, 1.54) is 0 Å². The van der Waals surface area contributed by atoms with E-state index in [9.17, 15) is 4.79 Å². The Kier molecular flexibility index (Phi) is 4.98. The Morgan fingerprint density at radius 2 is 2.35 bits per heavy atom. The first kappa shape index (κ1) is 16.0. The number of anilines is 1. The summed E-state index contributed by atoms with van der Waals surface area (Å²) in [6.07, 6.45) is 4.01. The van der Waals surface area contributed by atoms with Crippen LogP contribution in [0.15, 0.2) is 30.5 Å². The summed E-state index contributed by atoms with van der Waals surface area (Å²) < 4.78 is 0. The minimum Gasteiger partial charge on any atom is -0.325 e. The SMILES string of the molecule is Cc1cc(NC(=O)CN2CCC[C@H](c3ccn[nH]3)C2)ccc1Cl. The molecule has 2 N–H and O–H groups in total. The molecule has 1 aliphatic rings. The molecule has 23 heavy (non-hydrogen) atoms. The van der Waals surface area contributed by atoms with E-state index >= 15 is 0 Å². The van der Waals surface area contributed by atoms with Crippen molar-refractivity contribution in [2.45, 2.75) is 25.7 Å². The highest BCUT2D eigenvalue weighted by molar-refractivity contribution is 6.31. The van der Waals surface area contributed by atoms with Crippen molar-refractivity contribution in [1.29, 1.82) is 0 Å². The first-order chi connectivity index (χ1) is 11.1. The van der Waals surface area contributed by atoms with Gasteiger partial charge in [0.1, 0.15) is 0 Å². The number of halogens is 1. The zero-order chi connectivity index (χ0) is 16.2. The van der Waals surface area contributed by atoms with Crippen LogP contribution < -0.4 is 5.32 Å². The minimum absolute atomic E-state index is 0.0111. The van der Waals surface area contributed by atoms with Gasteiger partial charge in [0.15, 0.2) is 0 Å². The fourth-order valence-corrected chi connectivity index (χ4v) is 3.19. The van der Waals surface area contributed by atoms with Crippen LogP contribution in [0.25, 0.3) is 0 Å². The van der Waals surface area contributed by atoms with Crippen LogP contribution >= 0.6 is 11.6 Å². The molecule has 0 bridgehead atoms. The maximum absolute atomic E-state index is 12.3. The van der Waals surface area contributed by atoms with Crippen LogP contribution in [-0.2, 0) is 4.79 Å². The molecule has 1 atom stereocenters. The van der Waals surface area contributed by atoms with E-state index in [0.717, 1.165) is 42.9 Å². The molecule has 0 spiro atoms. The van der Waals surface area contributed by atoms with Gasteiger partial charge in [0, 0.05) is 35.1 Å². The quantitative estimate of drug-likeness (QED) is 0.904. The Labute approximate surface area is 141 Å². The van der Waals surface area contributed by atoms with E-state index in [2.05, 4.69) is 20.4 Å². The third kappa shape index (κ3) is 4.12. The lowest BCUT2D eigenvalue weighted by molar-refractivity contribution is -0.117. The Morgan fingerprint density at radius 3 is 3.09 bits per heavy atom. The Morgan fingerprint density at radius 1 is 1.48 bits per heavy atom. The molecule has 0 aliphatic carbocycles. The van der Waals surface area contributed by atoms with Crippen LogP contribution in [0.1, 0.15) is 30.0 Å². The number of aryl methyl sites for hydroxylation is 1. The van der Waals surface area contributed by atoms with Crippen LogP contribution in [0.5, 0.6) is 0 Å². The summed E-state index contributed by atoms with van der Waals surface area (Å²) in [5.74, 6) is 0.439. The van der Waals surface area contributed by atoms with Crippen LogP contribution in [0.2, 0.25) is 5.02 Å². The number of rotatable bonds is 4. The summed E-state index contributed by atoms with van der Waals surface area (Å²) in [4.78, 5) is 14.5. The molecule has 2 heterocycles.